The summed E-state index contributed by atoms with van der Waals surface area (Å²) in [5.41, 5.74) is 0.831. The monoisotopic (exact) mass is 317 g/mol. The molecule has 2 aliphatic heterocycles. The first-order chi connectivity index (χ1) is 11.1. The minimum absolute atomic E-state index is 0.107. The number of unbranched alkanes of at least 4 members (excludes halogenated alkanes) is 1. The summed E-state index contributed by atoms with van der Waals surface area (Å²) in [4.78, 5) is 26.5. The standard InChI is InChI=1S/C18H23NO4/c1-2-3-11-19(12-7-5-4-6-8-12)17(20)15-13-9-10-14(23-13)16(15)18(21)22/h4-8,13-16H,2-3,9-11H2,1H3,(H,21,22). The molecule has 3 rings (SSSR count). The zero-order valence-electron chi connectivity index (χ0n) is 13.4. The molecule has 23 heavy (non-hydrogen) atoms. The average Bonchev–Trinajstić information content (AvgIpc) is 3.17. The number of hydrogen-bond acceptors (Lipinski definition) is 3. The van der Waals surface area contributed by atoms with Gasteiger partial charge in [-0.05, 0) is 31.4 Å². The van der Waals surface area contributed by atoms with Crippen LogP contribution in [0.2, 0.25) is 0 Å². The Morgan fingerprint density at radius 1 is 1.17 bits per heavy atom. The smallest absolute Gasteiger partial charge is 0.310 e. The van der Waals surface area contributed by atoms with Gasteiger partial charge in [-0.2, -0.15) is 0 Å². The maximum Gasteiger partial charge on any atom is 0.310 e. The SMILES string of the molecule is CCCCN(C(=O)C1C2CCC(O2)C1C(=O)O)c1ccccc1. The van der Waals surface area contributed by atoms with Crippen molar-refractivity contribution in [2.24, 2.45) is 11.8 Å². The van der Waals surface area contributed by atoms with Crippen LogP contribution in [0.1, 0.15) is 32.6 Å². The van der Waals surface area contributed by atoms with E-state index in [1.807, 2.05) is 30.3 Å². The fraction of sp³-hybridized carbons (Fsp3) is 0.556. The van der Waals surface area contributed by atoms with Crippen molar-refractivity contribution in [3.63, 3.8) is 0 Å². The molecule has 124 valence electrons. The predicted octanol–water partition coefficient (Wildman–Crippen LogP) is 2.70. The Morgan fingerprint density at radius 2 is 1.83 bits per heavy atom. The van der Waals surface area contributed by atoms with E-state index in [1.54, 1.807) is 4.90 Å². The van der Waals surface area contributed by atoms with Crippen molar-refractivity contribution in [2.45, 2.75) is 44.8 Å². The summed E-state index contributed by atoms with van der Waals surface area (Å²) in [6.45, 7) is 2.69. The molecule has 0 aromatic heterocycles. The summed E-state index contributed by atoms with van der Waals surface area (Å²) in [5.74, 6) is -2.30. The lowest BCUT2D eigenvalue weighted by atomic mass is 9.78. The average molecular weight is 317 g/mol. The van der Waals surface area contributed by atoms with Gasteiger partial charge in [-0.15, -0.1) is 0 Å². The number of aliphatic carboxylic acids is 1. The lowest BCUT2D eigenvalue weighted by Gasteiger charge is -2.31. The predicted molar refractivity (Wildman–Crippen MR) is 86.2 cm³/mol. The summed E-state index contributed by atoms with van der Waals surface area (Å²) >= 11 is 0. The Labute approximate surface area is 136 Å². The molecule has 1 amide bonds. The van der Waals surface area contributed by atoms with E-state index in [2.05, 4.69) is 6.92 Å². The van der Waals surface area contributed by atoms with Crippen molar-refractivity contribution < 1.29 is 19.4 Å². The molecule has 5 nitrogen and oxygen atoms in total. The first-order valence-electron chi connectivity index (χ1n) is 8.38. The number of carbonyl (C=O) groups excluding carboxylic acids is 1. The van der Waals surface area contributed by atoms with E-state index < -0.39 is 17.8 Å². The maximum absolute atomic E-state index is 13.1. The highest BCUT2D eigenvalue weighted by Crippen LogP contribution is 2.44. The number of carboxylic acid groups (broad SMARTS) is 1. The molecule has 2 aliphatic rings. The molecular weight excluding hydrogens is 294 g/mol. The van der Waals surface area contributed by atoms with E-state index >= 15 is 0 Å². The van der Waals surface area contributed by atoms with Crippen LogP contribution < -0.4 is 4.90 Å². The minimum Gasteiger partial charge on any atom is -0.481 e. The van der Waals surface area contributed by atoms with Crippen LogP contribution in [0.4, 0.5) is 5.69 Å². The molecule has 0 radical (unpaired) electrons. The zero-order valence-corrected chi connectivity index (χ0v) is 13.4. The molecule has 2 bridgehead atoms. The fourth-order valence-corrected chi connectivity index (χ4v) is 3.78. The molecule has 2 saturated heterocycles. The zero-order chi connectivity index (χ0) is 16.4. The Hall–Kier alpha value is -1.88. The second kappa shape index (κ2) is 6.71. The van der Waals surface area contributed by atoms with E-state index in [0.717, 1.165) is 31.4 Å². The Balaban J connectivity index is 1.87. The number of ether oxygens (including phenoxy) is 1. The third kappa shape index (κ3) is 2.98. The fourth-order valence-electron chi connectivity index (χ4n) is 3.78. The summed E-state index contributed by atoms with van der Waals surface area (Å²) in [7, 11) is 0. The Kier molecular flexibility index (Phi) is 4.66. The maximum atomic E-state index is 13.1. The van der Waals surface area contributed by atoms with Crippen molar-refractivity contribution in [3.8, 4) is 0 Å². The largest absolute Gasteiger partial charge is 0.481 e. The molecule has 4 atom stereocenters. The van der Waals surface area contributed by atoms with Crippen molar-refractivity contribution in [1.82, 2.24) is 0 Å². The van der Waals surface area contributed by atoms with Crippen LogP contribution in [0.25, 0.3) is 0 Å². The number of rotatable bonds is 6. The number of carboxylic acids is 1. The van der Waals surface area contributed by atoms with Crippen molar-refractivity contribution in [2.75, 3.05) is 11.4 Å². The van der Waals surface area contributed by atoms with Crippen LogP contribution in [0, 0.1) is 11.8 Å². The summed E-state index contributed by atoms with van der Waals surface area (Å²) in [5, 5.41) is 9.53. The quantitative estimate of drug-likeness (QED) is 0.876. The summed E-state index contributed by atoms with van der Waals surface area (Å²) in [6, 6.07) is 9.50. The summed E-state index contributed by atoms with van der Waals surface area (Å²) < 4.78 is 5.74. The number of carbonyl (C=O) groups is 2. The van der Waals surface area contributed by atoms with Gasteiger partial charge < -0.3 is 14.7 Å². The second-order valence-corrected chi connectivity index (χ2v) is 6.36. The van der Waals surface area contributed by atoms with Gasteiger partial charge in [0.1, 0.15) is 0 Å². The molecular formula is C18H23NO4. The lowest BCUT2D eigenvalue weighted by molar-refractivity contribution is -0.147. The van der Waals surface area contributed by atoms with Crippen LogP contribution in [0.5, 0.6) is 0 Å². The van der Waals surface area contributed by atoms with Gasteiger partial charge >= 0.3 is 5.97 Å². The number of benzene rings is 1. The molecule has 0 saturated carbocycles. The number of para-hydroxylation sites is 1. The first kappa shape index (κ1) is 16.0. The Morgan fingerprint density at radius 3 is 2.43 bits per heavy atom. The van der Waals surface area contributed by atoms with E-state index in [1.165, 1.54) is 0 Å². The van der Waals surface area contributed by atoms with Gasteiger partial charge in [0.2, 0.25) is 5.91 Å². The molecule has 5 heteroatoms. The van der Waals surface area contributed by atoms with Gasteiger partial charge in [-0.25, -0.2) is 0 Å². The van der Waals surface area contributed by atoms with Crippen LogP contribution in [0.3, 0.4) is 0 Å². The van der Waals surface area contributed by atoms with E-state index in [4.69, 9.17) is 4.74 Å². The molecule has 2 heterocycles. The minimum atomic E-state index is -0.918. The molecule has 0 aliphatic carbocycles. The second-order valence-electron chi connectivity index (χ2n) is 6.36. The van der Waals surface area contributed by atoms with Crippen molar-refractivity contribution >= 4 is 17.6 Å². The Bertz CT molecular complexity index is 574. The third-order valence-corrected chi connectivity index (χ3v) is 4.91. The number of fused-ring (bicyclic) bond motifs is 2. The van der Waals surface area contributed by atoms with Crippen molar-refractivity contribution in [1.29, 1.82) is 0 Å². The van der Waals surface area contributed by atoms with Gasteiger partial charge in [0.15, 0.2) is 0 Å². The lowest BCUT2D eigenvalue weighted by Crippen LogP contribution is -2.46. The molecule has 4 unspecified atom stereocenters. The third-order valence-electron chi connectivity index (χ3n) is 4.91. The van der Waals surface area contributed by atoms with Crippen LogP contribution in [0.15, 0.2) is 30.3 Å². The topological polar surface area (TPSA) is 66.8 Å². The van der Waals surface area contributed by atoms with E-state index in [9.17, 15) is 14.7 Å². The van der Waals surface area contributed by atoms with Gasteiger partial charge in [-0.3, -0.25) is 9.59 Å². The first-order valence-corrected chi connectivity index (χ1v) is 8.38. The molecule has 1 N–H and O–H groups in total. The highest BCUT2D eigenvalue weighted by atomic mass is 16.5. The van der Waals surface area contributed by atoms with Crippen molar-refractivity contribution in [3.05, 3.63) is 30.3 Å². The van der Waals surface area contributed by atoms with E-state index in [-0.39, 0.29) is 18.1 Å². The molecule has 2 fully saturated rings. The van der Waals surface area contributed by atoms with Gasteiger partial charge in [0.25, 0.3) is 0 Å². The van der Waals surface area contributed by atoms with Gasteiger partial charge in [0, 0.05) is 12.2 Å². The van der Waals surface area contributed by atoms with Gasteiger partial charge in [0.05, 0.1) is 24.0 Å². The molecule has 1 aromatic carbocycles. The highest BCUT2D eigenvalue weighted by molar-refractivity contribution is 5.98. The number of hydrogen-bond donors (Lipinski definition) is 1. The van der Waals surface area contributed by atoms with Crippen LogP contribution in [-0.4, -0.2) is 35.7 Å². The van der Waals surface area contributed by atoms with E-state index in [0.29, 0.717) is 6.54 Å². The van der Waals surface area contributed by atoms with Crippen LogP contribution in [-0.2, 0) is 14.3 Å². The van der Waals surface area contributed by atoms with Gasteiger partial charge in [-0.1, -0.05) is 31.5 Å². The number of amides is 1. The van der Waals surface area contributed by atoms with Crippen LogP contribution >= 0.6 is 0 Å². The molecule has 0 spiro atoms. The normalized spacial score (nSPS) is 28.7. The number of anilines is 1. The highest BCUT2D eigenvalue weighted by Gasteiger charge is 2.56. The summed E-state index contributed by atoms with van der Waals surface area (Å²) in [6.07, 6.45) is 2.83. The molecule has 1 aromatic rings. The number of nitrogens with zero attached hydrogens (tertiary/aromatic N) is 1.